The first-order valence-corrected chi connectivity index (χ1v) is 6.64. The zero-order chi connectivity index (χ0) is 13.5. The molecule has 0 saturated carbocycles. The summed E-state index contributed by atoms with van der Waals surface area (Å²) in [5.74, 6) is 0. The Kier molecular flexibility index (Phi) is 2.67. The summed E-state index contributed by atoms with van der Waals surface area (Å²) in [5, 5.41) is 14.1. The maximum absolute atomic E-state index is 9.74. The van der Waals surface area contributed by atoms with Crippen LogP contribution in [0.5, 0.6) is 0 Å². The molecular formula is C16H17N3. The minimum Gasteiger partial charge on any atom is -0.272 e. The van der Waals surface area contributed by atoms with Gasteiger partial charge in [0.05, 0.1) is 17.2 Å². The van der Waals surface area contributed by atoms with Gasteiger partial charge in [-0.1, -0.05) is 24.3 Å². The van der Waals surface area contributed by atoms with Crippen LogP contribution in [0.3, 0.4) is 0 Å². The number of aromatic nitrogens is 2. The molecule has 0 bridgehead atoms. The third kappa shape index (κ3) is 1.84. The predicted octanol–water partition coefficient (Wildman–Crippen LogP) is 2.68. The minimum atomic E-state index is -0.378. The van der Waals surface area contributed by atoms with Crippen LogP contribution in [0.15, 0.2) is 30.3 Å². The highest BCUT2D eigenvalue weighted by Crippen LogP contribution is 2.40. The molecule has 19 heavy (non-hydrogen) atoms. The number of nitriles is 1. The van der Waals surface area contributed by atoms with Crippen LogP contribution in [0.1, 0.15) is 28.9 Å². The van der Waals surface area contributed by atoms with E-state index in [0.29, 0.717) is 0 Å². The van der Waals surface area contributed by atoms with Crippen molar-refractivity contribution in [2.75, 3.05) is 0 Å². The van der Waals surface area contributed by atoms with Gasteiger partial charge in [-0.05, 0) is 37.0 Å². The Bertz CT molecular complexity index is 663. The van der Waals surface area contributed by atoms with Crippen LogP contribution >= 0.6 is 0 Å². The van der Waals surface area contributed by atoms with Crippen molar-refractivity contribution >= 4 is 0 Å². The van der Waals surface area contributed by atoms with Crippen LogP contribution in [-0.2, 0) is 25.3 Å². The number of nitrogens with zero attached hydrogens (tertiary/aromatic N) is 3. The Morgan fingerprint density at radius 3 is 2.89 bits per heavy atom. The summed E-state index contributed by atoms with van der Waals surface area (Å²) < 4.78 is 1.90. The van der Waals surface area contributed by atoms with Gasteiger partial charge in [0.25, 0.3) is 0 Å². The van der Waals surface area contributed by atoms with Gasteiger partial charge in [0.2, 0.25) is 0 Å². The fourth-order valence-electron chi connectivity index (χ4n) is 3.17. The van der Waals surface area contributed by atoms with E-state index in [0.717, 1.165) is 30.7 Å². The molecule has 0 fully saturated rings. The zero-order valence-electron chi connectivity index (χ0n) is 11.3. The molecule has 1 aromatic heterocycles. The van der Waals surface area contributed by atoms with Crippen LogP contribution in [-0.4, -0.2) is 9.78 Å². The van der Waals surface area contributed by atoms with Gasteiger partial charge in [-0.3, -0.25) is 4.68 Å². The number of rotatable bonds is 2. The molecular weight excluding hydrogens is 234 g/mol. The first kappa shape index (κ1) is 12.0. The quantitative estimate of drug-likeness (QED) is 0.823. The van der Waals surface area contributed by atoms with E-state index in [-0.39, 0.29) is 5.41 Å². The van der Waals surface area contributed by atoms with Gasteiger partial charge < -0.3 is 0 Å². The Morgan fingerprint density at radius 2 is 2.21 bits per heavy atom. The molecule has 0 saturated heterocycles. The molecule has 1 atom stereocenters. The molecule has 3 heteroatoms. The van der Waals surface area contributed by atoms with Crippen molar-refractivity contribution in [3.05, 3.63) is 52.8 Å². The van der Waals surface area contributed by atoms with Crippen LogP contribution in [0.25, 0.3) is 0 Å². The molecule has 0 amide bonds. The molecule has 3 nitrogen and oxygen atoms in total. The average molecular weight is 251 g/mol. The van der Waals surface area contributed by atoms with Crippen molar-refractivity contribution in [1.29, 1.82) is 5.26 Å². The van der Waals surface area contributed by atoms with E-state index in [1.54, 1.807) is 0 Å². The lowest BCUT2D eigenvalue weighted by Crippen LogP contribution is -2.25. The van der Waals surface area contributed by atoms with Crippen molar-refractivity contribution in [1.82, 2.24) is 9.78 Å². The van der Waals surface area contributed by atoms with Crippen molar-refractivity contribution in [3.63, 3.8) is 0 Å². The molecule has 3 rings (SSSR count). The monoisotopic (exact) mass is 251 g/mol. The van der Waals surface area contributed by atoms with Gasteiger partial charge in [0, 0.05) is 19.2 Å². The molecule has 96 valence electrons. The lowest BCUT2D eigenvalue weighted by Gasteiger charge is -2.22. The van der Waals surface area contributed by atoms with Crippen LogP contribution in [0.4, 0.5) is 0 Å². The molecule has 0 N–H and O–H groups in total. The summed E-state index contributed by atoms with van der Waals surface area (Å²) in [5.41, 5.74) is 4.29. The fraction of sp³-hybridized carbons (Fsp3) is 0.375. The third-order valence-electron chi connectivity index (χ3n) is 4.15. The maximum atomic E-state index is 9.74. The molecule has 1 aliphatic rings. The second kappa shape index (κ2) is 4.24. The molecule has 0 spiro atoms. The Labute approximate surface area is 113 Å². The first-order chi connectivity index (χ1) is 9.14. The summed E-state index contributed by atoms with van der Waals surface area (Å²) >= 11 is 0. The highest BCUT2D eigenvalue weighted by Gasteiger charge is 2.39. The minimum absolute atomic E-state index is 0.378. The fourth-order valence-corrected chi connectivity index (χ4v) is 3.17. The van der Waals surface area contributed by atoms with E-state index < -0.39 is 0 Å². The summed E-state index contributed by atoms with van der Waals surface area (Å²) in [6.45, 7) is 1.99. The van der Waals surface area contributed by atoms with Gasteiger partial charge in [-0.2, -0.15) is 10.4 Å². The van der Waals surface area contributed by atoms with Crippen LogP contribution in [0, 0.1) is 18.3 Å². The Hall–Kier alpha value is -2.08. The number of aryl methyl sites for hydroxylation is 3. The number of hydrogen-bond acceptors (Lipinski definition) is 2. The van der Waals surface area contributed by atoms with Crippen molar-refractivity contribution in [2.24, 2.45) is 7.05 Å². The zero-order valence-corrected chi connectivity index (χ0v) is 11.3. The van der Waals surface area contributed by atoms with Gasteiger partial charge in [-0.25, -0.2) is 0 Å². The standard InChI is InChI=1S/C16H17N3/c1-12-9-14(19(2)18-12)10-16(11-17)8-7-13-5-3-4-6-15(13)16/h3-6,9H,7-8,10H2,1-2H3. The van der Waals surface area contributed by atoms with Gasteiger partial charge in [0.1, 0.15) is 0 Å². The highest BCUT2D eigenvalue weighted by atomic mass is 15.3. The van der Waals surface area contributed by atoms with E-state index >= 15 is 0 Å². The summed E-state index contributed by atoms with van der Waals surface area (Å²) in [6, 6.07) is 13.0. The topological polar surface area (TPSA) is 41.6 Å². The van der Waals surface area contributed by atoms with E-state index in [4.69, 9.17) is 0 Å². The van der Waals surface area contributed by atoms with Crippen LogP contribution in [0.2, 0.25) is 0 Å². The maximum Gasteiger partial charge on any atom is 0.0883 e. The normalized spacial score (nSPS) is 21.1. The van der Waals surface area contributed by atoms with Crippen molar-refractivity contribution in [2.45, 2.75) is 31.6 Å². The summed E-state index contributed by atoms with van der Waals surface area (Å²) in [7, 11) is 1.95. The van der Waals surface area contributed by atoms with Crippen molar-refractivity contribution in [3.8, 4) is 6.07 Å². The van der Waals surface area contributed by atoms with E-state index in [2.05, 4.69) is 35.4 Å². The van der Waals surface area contributed by atoms with Gasteiger partial charge in [0.15, 0.2) is 0 Å². The van der Waals surface area contributed by atoms with Crippen LogP contribution < -0.4 is 0 Å². The lowest BCUT2D eigenvalue weighted by atomic mass is 9.79. The van der Waals surface area contributed by atoms with E-state index in [1.807, 2.05) is 24.7 Å². The predicted molar refractivity (Wildman–Crippen MR) is 73.7 cm³/mol. The third-order valence-corrected chi connectivity index (χ3v) is 4.15. The highest BCUT2D eigenvalue weighted by molar-refractivity contribution is 5.45. The van der Waals surface area contributed by atoms with E-state index in [1.165, 1.54) is 11.1 Å². The molecule has 1 aliphatic carbocycles. The molecule has 0 radical (unpaired) electrons. The largest absolute Gasteiger partial charge is 0.272 e. The Morgan fingerprint density at radius 1 is 1.42 bits per heavy atom. The summed E-state index contributed by atoms with van der Waals surface area (Å²) in [4.78, 5) is 0. The molecule has 0 aliphatic heterocycles. The van der Waals surface area contributed by atoms with E-state index in [9.17, 15) is 5.26 Å². The van der Waals surface area contributed by atoms with Crippen molar-refractivity contribution < 1.29 is 0 Å². The Balaban J connectivity index is 2.03. The van der Waals surface area contributed by atoms with Gasteiger partial charge >= 0.3 is 0 Å². The summed E-state index contributed by atoms with van der Waals surface area (Å²) in [6.07, 6.45) is 2.66. The molecule has 1 unspecified atom stereocenters. The number of fused-ring (bicyclic) bond motifs is 1. The molecule has 2 aromatic rings. The molecule has 1 aromatic carbocycles. The first-order valence-electron chi connectivity index (χ1n) is 6.64. The average Bonchev–Trinajstić information content (AvgIpc) is 2.92. The number of benzene rings is 1. The van der Waals surface area contributed by atoms with Gasteiger partial charge in [-0.15, -0.1) is 0 Å². The number of hydrogen-bond donors (Lipinski definition) is 0. The second-order valence-corrected chi connectivity index (χ2v) is 5.43. The smallest absolute Gasteiger partial charge is 0.0883 e. The lowest BCUT2D eigenvalue weighted by molar-refractivity contribution is 0.516. The second-order valence-electron chi connectivity index (χ2n) is 5.43. The molecule has 1 heterocycles. The SMILES string of the molecule is Cc1cc(CC2(C#N)CCc3ccccc32)n(C)n1.